The van der Waals surface area contributed by atoms with Gasteiger partial charge in [0.2, 0.25) is 11.9 Å². The van der Waals surface area contributed by atoms with E-state index in [0.29, 0.717) is 0 Å². The van der Waals surface area contributed by atoms with Gasteiger partial charge >= 0.3 is 0 Å². The number of imidazole rings is 1. The van der Waals surface area contributed by atoms with Gasteiger partial charge in [-0.15, -0.1) is 0 Å². The number of nitrogens with zero attached hydrogens (tertiary/aromatic N) is 3. The van der Waals surface area contributed by atoms with E-state index in [9.17, 15) is 15.0 Å². The average Bonchev–Trinajstić information content (AvgIpc) is 3.08. The molecule has 0 unspecified atom stereocenters. The second-order valence-corrected chi connectivity index (χ2v) is 6.13. The van der Waals surface area contributed by atoms with Gasteiger partial charge in [0.25, 0.3) is 5.56 Å². The Hall–Kier alpha value is -2.95. The zero-order valence-electron chi connectivity index (χ0n) is 13.8. The molecular formula is C16H18N6O4. The molecule has 0 aliphatic carbocycles. The molecule has 1 aliphatic heterocycles. The molecule has 1 fully saturated rings. The minimum absolute atomic E-state index is 0.0440. The minimum atomic E-state index is -1.22. The third-order valence-electron chi connectivity index (χ3n) is 4.33. The number of nitrogen functional groups attached to an aromatic ring is 1. The third-order valence-corrected chi connectivity index (χ3v) is 4.33. The lowest BCUT2D eigenvalue weighted by Crippen LogP contribution is -2.30. The van der Waals surface area contributed by atoms with Crippen molar-refractivity contribution < 1.29 is 14.9 Å². The van der Waals surface area contributed by atoms with Gasteiger partial charge in [0.1, 0.15) is 12.2 Å². The Labute approximate surface area is 147 Å². The molecule has 0 saturated carbocycles. The maximum atomic E-state index is 12.2. The summed E-state index contributed by atoms with van der Waals surface area (Å²) in [4.78, 5) is 23.0. The molecule has 0 bridgehead atoms. The van der Waals surface area contributed by atoms with Gasteiger partial charge in [-0.3, -0.25) is 14.3 Å². The largest absolute Gasteiger partial charge is 0.388 e. The van der Waals surface area contributed by atoms with Crippen molar-refractivity contribution in [2.24, 2.45) is 0 Å². The monoisotopic (exact) mass is 358 g/mol. The van der Waals surface area contributed by atoms with Crippen LogP contribution in [0.4, 0.5) is 17.6 Å². The van der Waals surface area contributed by atoms with Crippen LogP contribution in [-0.2, 0) is 4.74 Å². The Morgan fingerprint density at radius 3 is 2.62 bits per heavy atom. The van der Waals surface area contributed by atoms with E-state index in [1.54, 1.807) is 6.92 Å². The van der Waals surface area contributed by atoms with Crippen LogP contribution in [0.2, 0.25) is 0 Å². The Bertz CT molecular complexity index is 1000. The predicted molar refractivity (Wildman–Crippen MR) is 93.9 cm³/mol. The number of anilines is 3. The fraction of sp³-hybridized carbons (Fsp3) is 0.312. The van der Waals surface area contributed by atoms with Crippen LogP contribution in [0, 0.1) is 0 Å². The first-order valence-electron chi connectivity index (χ1n) is 8.07. The average molecular weight is 358 g/mol. The summed E-state index contributed by atoms with van der Waals surface area (Å²) in [6, 6.07) is 9.18. The molecule has 0 spiro atoms. The molecule has 0 radical (unpaired) electrons. The predicted octanol–water partition coefficient (Wildman–Crippen LogP) is 0.0845. The van der Waals surface area contributed by atoms with E-state index in [2.05, 4.69) is 20.3 Å². The first-order valence-corrected chi connectivity index (χ1v) is 8.07. The second-order valence-electron chi connectivity index (χ2n) is 6.13. The number of para-hydroxylation sites is 1. The first-order chi connectivity index (χ1) is 12.5. The number of fused-ring (bicyclic) bond motifs is 1. The number of hydrogen-bond donors (Lipinski definition) is 5. The van der Waals surface area contributed by atoms with Crippen LogP contribution in [-0.4, -0.2) is 48.0 Å². The van der Waals surface area contributed by atoms with E-state index in [-0.39, 0.29) is 23.1 Å². The summed E-state index contributed by atoms with van der Waals surface area (Å²) in [6.45, 7) is 1.64. The molecule has 10 heteroatoms. The fourth-order valence-electron chi connectivity index (χ4n) is 3.02. The molecule has 2 aromatic heterocycles. The SMILES string of the molecule is C[C@H]1O[C@@H](n2c(Nc3ccccc3)nc3c(=O)[nH]c(N)nc32)[C@H](O)[C@H]1O. The minimum Gasteiger partial charge on any atom is -0.388 e. The number of H-pyrrole nitrogens is 1. The van der Waals surface area contributed by atoms with Crippen LogP contribution in [0.3, 0.4) is 0 Å². The molecule has 10 nitrogen and oxygen atoms in total. The highest BCUT2D eigenvalue weighted by Crippen LogP contribution is 2.34. The van der Waals surface area contributed by atoms with Crippen molar-refractivity contribution in [1.29, 1.82) is 0 Å². The normalized spacial score (nSPS) is 25.7. The van der Waals surface area contributed by atoms with Crippen molar-refractivity contribution in [1.82, 2.24) is 19.5 Å². The van der Waals surface area contributed by atoms with Crippen molar-refractivity contribution in [3.63, 3.8) is 0 Å². The van der Waals surface area contributed by atoms with Gasteiger partial charge in [-0.05, 0) is 19.1 Å². The maximum absolute atomic E-state index is 12.2. The highest BCUT2D eigenvalue weighted by molar-refractivity contribution is 5.76. The number of ether oxygens (including phenoxy) is 1. The summed E-state index contributed by atoms with van der Waals surface area (Å²) in [5.74, 6) is 0.149. The van der Waals surface area contributed by atoms with Crippen LogP contribution in [0.5, 0.6) is 0 Å². The highest BCUT2D eigenvalue weighted by Gasteiger charge is 2.43. The molecule has 6 N–H and O–H groups in total. The van der Waals surface area contributed by atoms with E-state index in [0.717, 1.165) is 5.69 Å². The smallest absolute Gasteiger partial charge is 0.280 e. The Balaban J connectivity index is 1.90. The molecular weight excluding hydrogens is 340 g/mol. The zero-order valence-corrected chi connectivity index (χ0v) is 13.8. The van der Waals surface area contributed by atoms with E-state index >= 15 is 0 Å². The lowest BCUT2D eigenvalue weighted by Gasteiger charge is -2.19. The van der Waals surface area contributed by atoms with Gasteiger partial charge in [-0.25, -0.2) is 4.98 Å². The van der Waals surface area contributed by atoms with Gasteiger partial charge in [0, 0.05) is 5.69 Å². The van der Waals surface area contributed by atoms with Crippen molar-refractivity contribution in [2.45, 2.75) is 31.5 Å². The number of aliphatic hydroxyl groups excluding tert-OH is 2. The summed E-state index contributed by atoms with van der Waals surface area (Å²) >= 11 is 0. The topological polar surface area (TPSA) is 151 Å². The summed E-state index contributed by atoms with van der Waals surface area (Å²) in [6.07, 6.45) is -3.89. The molecule has 1 aliphatic rings. The van der Waals surface area contributed by atoms with Gasteiger partial charge in [0.05, 0.1) is 6.10 Å². The molecule has 1 saturated heterocycles. The number of nitrogens with one attached hydrogen (secondary N) is 2. The van der Waals surface area contributed by atoms with Crippen LogP contribution < -0.4 is 16.6 Å². The van der Waals surface area contributed by atoms with Gasteiger partial charge in [0.15, 0.2) is 17.4 Å². The fourth-order valence-corrected chi connectivity index (χ4v) is 3.02. The Morgan fingerprint density at radius 2 is 1.96 bits per heavy atom. The van der Waals surface area contributed by atoms with Crippen LogP contribution in [0.15, 0.2) is 35.1 Å². The van der Waals surface area contributed by atoms with Gasteiger partial charge in [-0.1, -0.05) is 18.2 Å². The number of aromatic amines is 1. The number of aliphatic hydroxyl groups is 2. The van der Waals surface area contributed by atoms with Crippen LogP contribution in [0.1, 0.15) is 13.2 Å². The highest BCUT2D eigenvalue weighted by atomic mass is 16.6. The quantitative estimate of drug-likeness (QED) is 0.442. The molecule has 136 valence electrons. The number of benzene rings is 1. The number of nitrogens with two attached hydrogens (primary N) is 1. The van der Waals surface area contributed by atoms with E-state index < -0.39 is 30.1 Å². The molecule has 26 heavy (non-hydrogen) atoms. The van der Waals surface area contributed by atoms with E-state index in [1.165, 1.54) is 4.57 Å². The van der Waals surface area contributed by atoms with Crippen molar-refractivity contribution in [2.75, 3.05) is 11.1 Å². The second kappa shape index (κ2) is 6.09. The van der Waals surface area contributed by atoms with Crippen molar-refractivity contribution in [3.05, 3.63) is 40.7 Å². The molecule has 3 aromatic rings. The zero-order chi connectivity index (χ0) is 18.4. The van der Waals surface area contributed by atoms with Crippen LogP contribution in [0.25, 0.3) is 11.2 Å². The van der Waals surface area contributed by atoms with Crippen molar-refractivity contribution in [3.8, 4) is 0 Å². The lowest BCUT2D eigenvalue weighted by atomic mass is 10.1. The molecule has 0 amide bonds. The number of hydrogen-bond acceptors (Lipinski definition) is 8. The summed E-state index contributed by atoms with van der Waals surface area (Å²) < 4.78 is 7.12. The third kappa shape index (κ3) is 2.60. The van der Waals surface area contributed by atoms with Crippen LogP contribution >= 0.6 is 0 Å². The van der Waals surface area contributed by atoms with Crippen molar-refractivity contribution >= 4 is 28.7 Å². The maximum Gasteiger partial charge on any atom is 0.280 e. The standard InChI is InChI=1S/C16H18N6O4/c1-7-10(23)11(24)14(26-7)22-12-9(13(25)21-15(17)20-12)19-16(22)18-8-5-3-2-4-6-8/h2-7,10-11,14,23-24H,1H3,(H,18,19)(H3,17,20,21,25)/t7-,10+,11-,14-/m1/s1. The molecule has 3 heterocycles. The Kier molecular flexibility index (Phi) is 3.87. The number of rotatable bonds is 3. The van der Waals surface area contributed by atoms with E-state index in [1.807, 2.05) is 30.3 Å². The van der Waals surface area contributed by atoms with E-state index in [4.69, 9.17) is 10.5 Å². The molecule has 1 aromatic carbocycles. The first kappa shape index (κ1) is 16.5. The lowest BCUT2D eigenvalue weighted by molar-refractivity contribution is -0.0286. The van der Waals surface area contributed by atoms with Gasteiger partial charge < -0.3 is 26.0 Å². The molecule has 4 rings (SSSR count). The summed E-state index contributed by atoms with van der Waals surface area (Å²) in [5, 5.41) is 23.5. The number of aromatic nitrogens is 4. The summed E-state index contributed by atoms with van der Waals surface area (Å²) in [5.41, 5.74) is 6.06. The molecule has 4 atom stereocenters. The summed E-state index contributed by atoms with van der Waals surface area (Å²) in [7, 11) is 0. The Morgan fingerprint density at radius 1 is 1.23 bits per heavy atom. The van der Waals surface area contributed by atoms with Gasteiger partial charge in [-0.2, -0.15) is 4.98 Å².